The summed E-state index contributed by atoms with van der Waals surface area (Å²) >= 11 is 4.63. The fourth-order valence-corrected chi connectivity index (χ4v) is 2.06. The van der Waals surface area contributed by atoms with Crippen LogP contribution in [-0.2, 0) is 4.79 Å². The Hall–Kier alpha value is -0.620. The van der Waals surface area contributed by atoms with E-state index in [-0.39, 0.29) is 5.91 Å². The molecular formula is C11H16BrN3OS. The van der Waals surface area contributed by atoms with Crippen LogP contribution in [0.4, 0.5) is 0 Å². The zero-order valence-electron chi connectivity index (χ0n) is 10.0. The normalized spacial score (nSPS) is 10.3. The highest BCUT2D eigenvalue weighted by Gasteiger charge is 2.09. The van der Waals surface area contributed by atoms with Crippen molar-refractivity contribution in [3.05, 3.63) is 16.9 Å². The lowest BCUT2D eigenvalue weighted by Gasteiger charge is -2.15. The summed E-state index contributed by atoms with van der Waals surface area (Å²) < 4.78 is 0.841. The lowest BCUT2D eigenvalue weighted by molar-refractivity contribution is -0.127. The number of thioether (sulfide) groups is 1. The smallest absolute Gasteiger partial charge is 0.232 e. The molecule has 4 nitrogen and oxygen atoms in total. The molecule has 0 fully saturated rings. The molecule has 0 aliphatic heterocycles. The van der Waals surface area contributed by atoms with Gasteiger partial charge < -0.3 is 4.90 Å². The number of carbonyl (C=O) groups is 1. The molecule has 0 spiro atoms. The number of amides is 1. The Labute approximate surface area is 114 Å². The van der Waals surface area contributed by atoms with Crippen molar-refractivity contribution in [2.45, 2.75) is 24.9 Å². The number of carbonyl (C=O) groups excluding carboxylic acids is 1. The molecule has 0 radical (unpaired) electrons. The van der Waals surface area contributed by atoms with E-state index < -0.39 is 0 Å². The van der Waals surface area contributed by atoms with Crippen LogP contribution in [0.5, 0.6) is 0 Å². The molecule has 0 saturated carbocycles. The van der Waals surface area contributed by atoms with Gasteiger partial charge in [0.15, 0.2) is 5.16 Å². The van der Waals surface area contributed by atoms with E-state index in [9.17, 15) is 4.79 Å². The average Bonchev–Trinajstić information content (AvgIpc) is 2.34. The van der Waals surface area contributed by atoms with Gasteiger partial charge in [-0.2, -0.15) is 0 Å². The molecule has 1 aromatic rings. The Balaban J connectivity index is 2.34. The van der Waals surface area contributed by atoms with Gasteiger partial charge in [0.25, 0.3) is 0 Å². The summed E-state index contributed by atoms with van der Waals surface area (Å²) in [5, 5.41) is 0.630. The fourth-order valence-electron chi connectivity index (χ4n) is 1.13. The van der Waals surface area contributed by atoms with Crippen LogP contribution in [-0.4, -0.2) is 40.1 Å². The van der Waals surface area contributed by atoms with Crippen LogP contribution in [0, 0.1) is 0 Å². The topological polar surface area (TPSA) is 46.1 Å². The fraction of sp³-hybridized carbons (Fsp3) is 0.545. The van der Waals surface area contributed by atoms with Crippen LogP contribution in [0.1, 0.15) is 19.8 Å². The second-order valence-corrected chi connectivity index (χ2v) is 5.50. The third-order valence-corrected chi connectivity index (χ3v) is 3.46. The Kier molecular flexibility index (Phi) is 6.50. The van der Waals surface area contributed by atoms with Gasteiger partial charge in [0, 0.05) is 26.0 Å². The number of hydrogen-bond donors (Lipinski definition) is 0. The molecule has 0 unspecified atom stereocenters. The van der Waals surface area contributed by atoms with Crippen molar-refractivity contribution >= 4 is 33.6 Å². The van der Waals surface area contributed by atoms with Gasteiger partial charge >= 0.3 is 0 Å². The first-order chi connectivity index (χ1) is 8.13. The Morgan fingerprint density at radius 3 is 2.71 bits per heavy atom. The van der Waals surface area contributed by atoms with Crippen molar-refractivity contribution in [3.8, 4) is 0 Å². The number of nitrogens with zero attached hydrogens (tertiary/aromatic N) is 3. The second kappa shape index (κ2) is 7.66. The van der Waals surface area contributed by atoms with Crippen molar-refractivity contribution in [1.82, 2.24) is 14.9 Å². The van der Waals surface area contributed by atoms with Crippen molar-refractivity contribution in [2.75, 3.05) is 19.3 Å². The average molecular weight is 318 g/mol. The van der Waals surface area contributed by atoms with Gasteiger partial charge in [0.05, 0.1) is 10.2 Å². The molecule has 0 aromatic carbocycles. The van der Waals surface area contributed by atoms with Gasteiger partial charge in [-0.1, -0.05) is 25.1 Å². The van der Waals surface area contributed by atoms with Crippen LogP contribution in [0.25, 0.3) is 0 Å². The van der Waals surface area contributed by atoms with Crippen molar-refractivity contribution in [1.29, 1.82) is 0 Å². The molecule has 1 heterocycles. The summed E-state index contributed by atoms with van der Waals surface area (Å²) in [6.45, 7) is 2.93. The predicted octanol–water partition coefficient (Wildman–Crippen LogP) is 2.59. The van der Waals surface area contributed by atoms with E-state index in [2.05, 4.69) is 32.8 Å². The predicted molar refractivity (Wildman–Crippen MR) is 73.0 cm³/mol. The highest BCUT2D eigenvalue weighted by Crippen LogP contribution is 2.14. The van der Waals surface area contributed by atoms with E-state index in [0.717, 1.165) is 23.9 Å². The molecule has 0 aliphatic rings. The summed E-state index contributed by atoms with van der Waals surface area (Å²) in [5.74, 6) is 0.511. The zero-order chi connectivity index (χ0) is 12.7. The molecule has 1 rings (SSSR count). The second-order valence-electron chi connectivity index (χ2n) is 3.64. The molecule has 94 valence electrons. The third kappa shape index (κ3) is 5.50. The lowest BCUT2D eigenvalue weighted by atomic mass is 10.3. The SMILES string of the molecule is CCCCN(C)C(=O)CSc1ncc(Br)cn1. The molecule has 17 heavy (non-hydrogen) atoms. The van der Waals surface area contributed by atoms with Crippen LogP contribution < -0.4 is 0 Å². The number of aromatic nitrogens is 2. The van der Waals surface area contributed by atoms with Crippen molar-refractivity contribution in [2.24, 2.45) is 0 Å². The standard InChI is InChI=1S/C11H16BrN3OS/c1-3-4-5-15(2)10(16)8-17-11-13-6-9(12)7-14-11/h6-7H,3-5,8H2,1-2H3. The molecule has 0 bridgehead atoms. The molecule has 0 N–H and O–H groups in total. The van der Waals surface area contributed by atoms with E-state index in [1.54, 1.807) is 17.3 Å². The number of rotatable bonds is 6. The zero-order valence-corrected chi connectivity index (χ0v) is 12.4. The Morgan fingerprint density at radius 1 is 1.47 bits per heavy atom. The first-order valence-corrected chi connectivity index (χ1v) is 7.25. The summed E-state index contributed by atoms with van der Waals surface area (Å²) in [5.41, 5.74) is 0. The van der Waals surface area contributed by atoms with Gasteiger partial charge in [-0.15, -0.1) is 0 Å². The number of halogens is 1. The third-order valence-electron chi connectivity index (χ3n) is 2.19. The minimum atomic E-state index is 0.120. The lowest BCUT2D eigenvalue weighted by Crippen LogP contribution is -2.29. The number of hydrogen-bond acceptors (Lipinski definition) is 4. The molecule has 1 aromatic heterocycles. The van der Waals surface area contributed by atoms with E-state index in [1.807, 2.05) is 7.05 Å². The highest BCUT2D eigenvalue weighted by atomic mass is 79.9. The minimum absolute atomic E-state index is 0.120. The minimum Gasteiger partial charge on any atom is -0.345 e. The van der Waals surface area contributed by atoms with Crippen molar-refractivity contribution < 1.29 is 4.79 Å². The quantitative estimate of drug-likeness (QED) is 0.597. The maximum atomic E-state index is 11.7. The monoisotopic (exact) mass is 317 g/mol. The largest absolute Gasteiger partial charge is 0.345 e. The molecule has 0 saturated heterocycles. The maximum absolute atomic E-state index is 11.7. The highest BCUT2D eigenvalue weighted by molar-refractivity contribution is 9.10. The van der Waals surface area contributed by atoms with Crippen molar-refractivity contribution in [3.63, 3.8) is 0 Å². The molecular weight excluding hydrogens is 302 g/mol. The van der Waals surface area contributed by atoms with Crippen LogP contribution in [0.2, 0.25) is 0 Å². The molecule has 1 amide bonds. The summed E-state index contributed by atoms with van der Waals surface area (Å²) in [6, 6.07) is 0. The van der Waals surface area contributed by atoms with Crippen LogP contribution >= 0.6 is 27.7 Å². The van der Waals surface area contributed by atoms with E-state index in [4.69, 9.17) is 0 Å². The molecule has 6 heteroatoms. The maximum Gasteiger partial charge on any atom is 0.232 e. The van der Waals surface area contributed by atoms with E-state index in [1.165, 1.54) is 11.8 Å². The summed E-state index contributed by atoms with van der Waals surface area (Å²) in [4.78, 5) is 21.7. The first-order valence-electron chi connectivity index (χ1n) is 5.47. The van der Waals surface area contributed by atoms with E-state index >= 15 is 0 Å². The Bertz CT molecular complexity index is 358. The van der Waals surface area contributed by atoms with Crippen LogP contribution in [0.3, 0.4) is 0 Å². The van der Waals surface area contributed by atoms with E-state index in [0.29, 0.717) is 10.9 Å². The van der Waals surface area contributed by atoms with Gasteiger partial charge in [-0.05, 0) is 22.4 Å². The van der Waals surface area contributed by atoms with Crippen LogP contribution in [0.15, 0.2) is 22.0 Å². The van der Waals surface area contributed by atoms with Gasteiger partial charge in [-0.25, -0.2) is 9.97 Å². The molecule has 0 aliphatic carbocycles. The summed E-state index contributed by atoms with van der Waals surface area (Å²) in [6.07, 6.45) is 5.50. The molecule has 0 atom stereocenters. The van der Waals surface area contributed by atoms with Gasteiger partial charge in [-0.3, -0.25) is 4.79 Å². The van der Waals surface area contributed by atoms with Gasteiger partial charge in [0.2, 0.25) is 5.91 Å². The first kappa shape index (κ1) is 14.4. The van der Waals surface area contributed by atoms with Gasteiger partial charge in [0.1, 0.15) is 0 Å². The number of unbranched alkanes of at least 4 members (excludes halogenated alkanes) is 1. The Morgan fingerprint density at radius 2 is 2.12 bits per heavy atom. The summed E-state index contributed by atoms with van der Waals surface area (Å²) in [7, 11) is 1.83.